The van der Waals surface area contributed by atoms with E-state index in [1.54, 1.807) is 6.08 Å². The lowest BCUT2D eigenvalue weighted by molar-refractivity contribution is -0.122. The Balaban J connectivity index is 1.90. The Labute approximate surface area is 149 Å². The van der Waals surface area contributed by atoms with Gasteiger partial charge < -0.3 is 11.5 Å². The highest BCUT2D eigenvalue weighted by Gasteiger charge is 2.48. The predicted molar refractivity (Wildman–Crippen MR) is 92.1 cm³/mol. The van der Waals surface area contributed by atoms with Crippen molar-refractivity contribution in [3.63, 3.8) is 0 Å². The zero-order chi connectivity index (χ0) is 18.4. The summed E-state index contributed by atoms with van der Waals surface area (Å²) in [6.45, 7) is 0. The Morgan fingerprint density at radius 3 is 2.32 bits per heavy atom. The number of hydrogen-bond donors (Lipinski definition) is 2. The topological polar surface area (TPSA) is 136 Å². The maximum atomic E-state index is 12.6. The van der Waals surface area contributed by atoms with Gasteiger partial charge in [-0.25, -0.2) is 0 Å². The second-order valence-corrected chi connectivity index (χ2v) is 7.89. The molecule has 3 rings (SSSR count). The highest BCUT2D eigenvalue weighted by Crippen LogP contribution is 2.40. The molecule has 2 aliphatic rings. The largest absolute Gasteiger partial charge is 0.369 e. The van der Waals surface area contributed by atoms with E-state index in [0.29, 0.717) is 23.6 Å². The Bertz CT molecular complexity index is 904. The van der Waals surface area contributed by atoms with E-state index in [9.17, 15) is 18.0 Å². The van der Waals surface area contributed by atoms with Crippen LogP contribution in [0.5, 0.6) is 0 Å². The number of allylic oxidation sites excluding steroid dienone is 2. The van der Waals surface area contributed by atoms with Crippen molar-refractivity contribution in [2.75, 3.05) is 4.90 Å². The molecule has 4 N–H and O–H groups in total. The first-order chi connectivity index (χ1) is 11.7. The smallest absolute Gasteiger partial charge is 0.285 e. The lowest BCUT2D eigenvalue weighted by atomic mass is 9.85. The molecule has 132 valence electrons. The van der Waals surface area contributed by atoms with Crippen LogP contribution in [0.15, 0.2) is 44.7 Å². The van der Waals surface area contributed by atoms with E-state index in [2.05, 4.69) is 4.40 Å². The number of imide groups is 1. The zero-order valence-corrected chi connectivity index (χ0v) is 14.5. The number of guanidine groups is 1. The molecule has 25 heavy (non-hydrogen) atoms. The first-order valence-corrected chi connectivity index (χ1v) is 9.21. The van der Waals surface area contributed by atoms with Crippen LogP contribution in [0.25, 0.3) is 0 Å². The van der Waals surface area contributed by atoms with Gasteiger partial charge in [-0.2, -0.15) is 8.42 Å². The van der Waals surface area contributed by atoms with E-state index >= 15 is 0 Å². The van der Waals surface area contributed by atoms with Gasteiger partial charge in [-0.3, -0.25) is 14.5 Å². The first-order valence-electron chi connectivity index (χ1n) is 7.39. The van der Waals surface area contributed by atoms with E-state index < -0.39 is 27.8 Å². The van der Waals surface area contributed by atoms with E-state index in [4.69, 9.17) is 23.1 Å². The number of fused-ring (bicyclic) bond motifs is 1. The van der Waals surface area contributed by atoms with Crippen molar-refractivity contribution in [3.8, 4) is 0 Å². The van der Waals surface area contributed by atoms with Crippen LogP contribution >= 0.6 is 11.6 Å². The second kappa shape index (κ2) is 6.16. The molecule has 2 atom stereocenters. The summed E-state index contributed by atoms with van der Waals surface area (Å²) < 4.78 is 27.0. The summed E-state index contributed by atoms with van der Waals surface area (Å²) >= 11 is 5.98. The van der Waals surface area contributed by atoms with Crippen LogP contribution < -0.4 is 16.4 Å². The average Bonchev–Trinajstić information content (AvgIpc) is 2.77. The van der Waals surface area contributed by atoms with Crippen molar-refractivity contribution >= 4 is 45.1 Å². The van der Waals surface area contributed by atoms with E-state index in [0.717, 1.165) is 4.90 Å². The van der Waals surface area contributed by atoms with E-state index in [1.165, 1.54) is 24.3 Å². The molecule has 1 aromatic carbocycles. The molecule has 1 aliphatic carbocycles. The van der Waals surface area contributed by atoms with Gasteiger partial charge in [0.2, 0.25) is 17.8 Å². The van der Waals surface area contributed by atoms with Gasteiger partial charge >= 0.3 is 0 Å². The van der Waals surface area contributed by atoms with Crippen LogP contribution in [-0.4, -0.2) is 26.2 Å². The molecule has 0 spiro atoms. The van der Waals surface area contributed by atoms with Gasteiger partial charge in [0.05, 0.1) is 22.4 Å². The minimum Gasteiger partial charge on any atom is -0.369 e. The van der Waals surface area contributed by atoms with Crippen molar-refractivity contribution in [2.24, 2.45) is 27.7 Å². The van der Waals surface area contributed by atoms with Gasteiger partial charge in [0.25, 0.3) is 10.0 Å². The highest BCUT2D eigenvalue weighted by atomic mass is 35.5. The fourth-order valence-corrected chi connectivity index (χ4v) is 4.16. The summed E-state index contributed by atoms with van der Waals surface area (Å²) in [5, 5.41) is 0.572. The normalized spacial score (nSPS) is 23.2. The van der Waals surface area contributed by atoms with Gasteiger partial charge in [0.1, 0.15) is 0 Å². The molecule has 1 fully saturated rings. The monoisotopic (exact) mass is 382 g/mol. The summed E-state index contributed by atoms with van der Waals surface area (Å²) in [5.41, 5.74) is 10.5. The van der Waals surface area contributed by atoms with Crippen LogP contribution in [0.4, 0.5) is 5.69 Å². The minimum atomic E-state index is -4.03. The van der Waals surface area contributed by atoms with Gasteiger partial charge in [-0.15, -0.1) is 4.40 Å². The Morgan fingerprint density at radius 1 is 1.12 bits per heavy atom. The third-order valence-electron chi connectivity index (χ3n) is 4.19. The molecule has 1 aliphatic heterocycles. The molecule has 2 amide bonds. The van der Waals surface area contributed by atoms with Crippen LogP contribution in [0.3, 0.4) is 0 Å². The molecular formula is C15H15ClN4O4S. The lowest BCUT2D eigenvalue weighted by Crippen LogP contribution is -2.30. The average molecular weight is 383 g/mol. The molecule has 0 aromatic heterocycles. The van der Waals surface area contributed by atoms with Gasteiger partial charge in [0.15, 0.2) is 0 Å². The van der Waals surface area contributed by atoms with Crippen molar-refractivity contribution in [1.29, 1.82) is 0 Å². The SMILES string of the molecule is NC(N)=NS(=O)(=O)c1ccc(N2C(=O)C3CC=C(Cl)CC3C2=O)cc1. The van der Waals surface area contributed by atoms with Crippen LogP contribution in [0.1, 0.15) is 12.8 Å². The molecule has 8 nitrogen and oxygen atoms in total. The standard InChI is InChI=1S/C15H15ClN4O4S/c16-8-1-6-11-12(7-8)14(22)20(13(11)21)9-2-4-10(5-3-9)25(23,24)19-15(17)18/h1-5,11-12H,6-7H2,(H4,17,18,19). The summed E-state index contributed by atoms with van der Waals surface area (Å²) in [5.74, 6) is -2.13. The summed E-state index contributed by atoms with van der Waals surface area (Å²) in [4.78, 5) is 26.0. The number of hydrogen-bond acceptors (Lipinski definition) is 4. The van der Waals surface area contributed by atoms with Crippen LogP contribution in [0, 0.1) is 11.8 Å². The number of nitrogens with zero attached hydrogens (tertiary/aromatic N) is 2. The Morgan fingerprint density at radius 2 is 1.72 bits per heavy atom. The third kappa shape index (κ3) is 3.12. The molecule has 1 saturated heterocycles. The third-order valence-corrected chi connectivity index (χ3v) is 5.82. The predicted octanol–water partition coefficient (Wildman–Crippen LogP) is 0.671. The van der Waals surface area contributed by atoms with Crippen molar-refractivity contribution in [2.45, 2.75) is 17.7 Å². The number of nitrogens with two attached hydrogens (primary N) is 2. The molecule has 1 aromatic rings. The second-order valence-electron chi connectivity index (χ2n) is 5.80. The zero-order valence-electron chi connectivity index (χ0n) is 12.9. The Hall–Kier alpha value is -2.39. The number of anilines is 1. The number of carbonyl (C=O) groups is 2. The molecule has 10 heteroatoms. The number of sulfonamides is 1. The fraction of sp³-hybridized carbons (Fsp3) is 0.267. The molecule has 1 heterocycles. The number of carbonyl (C=O) groups excluding carboxylic acids is 2. The fourth-order valence-electron chi connectivity index (χ4n) is 3.04. The van der Waals surface area contributed by atoms with Crippen LogP contribution in [0.2, 0.25) is 0 Å². The summed E-state index contributed by atoms with van der Waals surface area (Å²) in [6, 6.07) is 5.23. The number of rotatable bonds is 3. The van der Waals surface area contributed by atoms with E-state index in [-0.39, 0.29) is 16.7 Å². The molecule has 0 saturated carbocycles. The van der Waals surface area contributed by atoms with Crippen LogP contribution in [-0.2, 0) is 19.6 Å². The van der Waals surface area contributed by atoms with E-state index in [1.807, 2.05) is 0 Å². The van der Waals surface area contributed by atoms with Crippen molar-refractivity contribution < 1.29 is 18.0 Å². The van der Waals surface area contributed by atoms with Gasteiger partial charge in [-0.05, 0) is 37.1 Å². The maximum Gasteiger partial charge on any atom is 0.285 e. The van der Waals surface area contributed by atoms with Crippen molar-refractivity contribution in [1.82, 2.24) is 0 Å². The number of benzene rings is 1. The molecule has 2 unspecified atom stereocenters. The number of halogens is 1. The minimum absolute atomic E-state index is 0.147. The highest BCUT2D eigenvalue weighted by molar-refractivity contribution is 7.90. The summed E-state index contributed by atoms with van der Waals surface area (Å²) in [6.07, 6.45) is 2.51. The molecular weight excluding hydrogens is 368 g/mol. The lowest BCUT2D eigenvalue weighted by Gasteiger charge is -2.17. The van der Waals surface area contributed by atoms with Crippen molar-refractivity contribution in [3.05, 3.63) is 35.4 Å². The first kappa shape index (κ1) is 17.4. The number of amides is 2. The van der Waals surface area contributed by atoms with Gasteiger partial charge in [-0.1, -0.05) is 17.7 Å². The maximum absolute atomic E-state index is 12.6. The Kier molecular flexibility index (Phi) is 4.29. The summed E-state index contributed by atoms with van der Waals surface area (Å²) in [7, 11) is -4.03. The quantitative estimate of drug-likeness (QED) is 0.448. The molecule has 0 bridgehead atoms. The molecule has 0 radical (unpaired) electrons. The van der Waals surface area contributed by atoms with Gasteiger partial charge in [0, 0.05) is 5.03 Å².